The van der Waals surface area contributed by atoms with Crippen molar-refractivity contribution in [3.8, 4) is 0 Å². The van der Waals surface area contributed by atoms with Gasteiger partial charge in [-0.05, 0) is 18.8 Å². The Morgan fingerprint density at radius 3 is 2.33 bits per heavy atom. The third-order valence-electron chi connectivity index (χ3n) is 3.85. The van der Waals surface area contributed by atoms with Gasteiger partial charge in [0.25, 0.3) is 0 Å². The number of rotatable bonds is 7. The third kappa shape index (κ3) is 5.33. The van der Waals surface area contributed by atoms with Gasteiger partial charge in [0, 0.05) is 6.42 Å². The number of carbonyl (C=O) groups is 1. The van der Waals surface area contributed by atoms with Gasteiger partial charge in [-0.15, -0.1) is 0 Å². The highest BCUT2D eigenvalue weighted by Gasteiger charge is 2.24. The van der Waals surface area contributed by atoms with Crippen LogP contribution in [-0.4, -0.2) is 39.5 Å². The zero-order valence-corrected chi connectivity index (χ0v) is 10.8. The van der Waals surface area contributed by atoms with Gasteiger partial charge >= 0.3 is 5.97 Å². The minimum Gasteiger partial charge on any atom is -0.480 e. The largest absolute Gasteiger partial charge is 0.480 e. The lowest BCUT2D eigenvalue weighted by atomic mass is 9.85. The van der Waals surface area contributed by atoms with E-state index in [2.05, 4.69) is 0 Å². The monoisotopic (exact) mass is 259 g/mol. The van der Waals surface area contributed by atoms with Crippen LogP contribution in [0.3, 0.4) is 0 Å². The molecule has 1 fully saturated rings. The lowest BCUT2D eigenvalue weighted by Crippen LogP contribution is -2.38. The van der Waals surface area contributed by atoms with Gasteiger partial charge in [-0.3, -0.25) is 4.79 Å². The Bertz CT molecular complexity index is 253. The first kappa shape index (κ1) is 15.4. The van der Waals surface area contributed by atoms with Crippen molar-refractivity contribution in [3.05, 3.63) is 0 Å². The van der Waals surface area contributed by atoms with E-state index in [1.54, 1.807) is 0 Å². The van der Waals surface area contributed by atoms with Crippen LogP contribution >= 0.6 is 0 Å². The van der Waals surface area contributed by atoms with E-state index in [1.807, 2.05) is 0 Å². The number of nitrogens with two attached hydrogens (primary N) is 1. The molecule has 0 amide bonds. The van der Waals surface area contributed by atoms with E-state index >= 15 is 0 Å². The van der Waals surface area contributed by atoms with E-state index in [0.717, 1.165) is 6.42 Å². The average molecular weight is 259 g/mol. The van der Waals surface area contributed by atoms with Crippen molar-refractivity contribution in [3.63, 3.8) is 0 Å². The maximum atomic E-state index is 10.5. The van der Waals surface area contributed by atoms with Crippen molar-refractivity contribution in [2.45, 2.75) is 69.6 Å². The lowest BCUT2D eigenvalue weighted by Gasteiger charge is -2.24. The zero-order chi connectivity index (χ0) is 13.5. The Morgan fingerprint density at radius 1 is 1.17 bits per heavy atom. The highest BCUT2D eigenvalue weighted by molar-refractivity contribution is 5.73. The van der Waals surface area contributed by atoms with E-state index in [4.69, 9.17) is 10.8 Å². The molecule has 1 aliphatic carbocycles. The molecule has 0 aromatic heterocycles. The summed E-state index contributed by atoms with van der Waals surface area (Å²) in [6.45, 7) is 0. The molecule has 0 radical (unpaired) electrons. The maximum Gasteiger partial charge on any atom is 0.320 e. The molecular weight excluding hydrogens is 234 g/mol. The Hall–Kier alpha value is -0.650. The highest BCUT2D eigenvalue weighted by Crippen LogP contribution is 2.28. The minimum absolute atomic E-state index is 0.0961. The molecule has 0 aliphatic heterocycles. The van der Waals surface area contributed by atoms with Crippen LogP contribution in [0.4, 0.5) is 0 Å². The van der Waals surface area contributed by atoms with Crippen molar-refractivity contribution in [2.24, 2.45) is 11.7 Å². The molecule has 0 aromatic carbocycles. The summed E-state index contributed by atoms with van der Waals surface area (Å²) in [4.78, 5) is 10.5. The van der Waals surface area contributed by atoms with Crippen LogP contribution in [0.5, 0.6) is 0 Å². The smallest absolute Gasteiger partial charge is 0.320 e. The van der Waals surface area contributed by atoms with Gasteiger partial charge in [0.2, 0.25) is 0 Å². The number of aliphatic carboxylic acids is 1. The number of aliphatic hydroxyl groups excluding tert-OH is 2. The van der Waals surface area contributed by atoms with E-state index in [-0.39, 0.29) is 6.42 Å². The molecule has 1 unspecified atom stereocenters. The standard InChI is InChI=1S/C13H25NO4/c14-10(13(17)18)8-12(16)11(15)7-6-9-4-2-1-3-5-9/h9-12,15-16H,1-8,14H2,(H,17,18)/t10-,11?,12-/m0/s1. The Kier molecular flexibility index (Phi) is 6.60. The van der Waals surface area contributed by atoms with Crippen LogP contribution < -0.4 is 5.73 Å². The Balaban J connectivity index is 2.22. The van der Waals surface area contributed by atoms with Gasteiger partial charge in [0.1, 0.15) is 6.04 Å². The lowest BCUT2D eigenvalue weighted by molar-refractivity contribution is -0.139. The van der Waals surface area contributed by atoms with Crippen LogP contribution in [0.2, 0.25) is 0 Å². The maximum absolute atomic E-state index is 10.5. The van der Waals surface area contributed by atoms with Gasteiger partial charge < -0.3 is 21.1 Å². The molecule has 0 saturated heterocycles. The van der Waals surface area contributed by atoms with Crippen LogP contribution in [-0.2, 0) is 4.79 Å². The minimum atomic E-state index is -1.14. The van der Waals surface area contributed by atoms with Crippen molar-refractivity contribution < 1.29 is 20.1 Å². The molecule has 18 heavy (non-hydrogen) atoms. The zero-order valence-electron chi connectivity index (χ0n) is 10.8. The first-order chi connectivity index (χ1) is 8.50. The molecule has 0 bridgehead atoms. The normalized spacial score (nSPS) is 22.4. The molecule has 1 rings (SSSR count). The number of carboxylic acid groups (broad SMARTS) is 1. The number of hydrogen-bond donors (Lipinski definition) is 4. The first-order valence-corrected chi connectivity index (χ1v) is 6.85. The van der Waals surface area contributed by atoms with Crippen LogP contribution in [0, 0.1) is 5.92 Å². The summed E-state index contributed by atoms with van der Waals surface area (Å²) in [5, 5.41) is 28.1. The second-order valence-electron chi connectivity index (χ2n) is 5.40. The summed E-state index contributed by atoms with van der Waals surface area (Å²) < 4.78 is 0. The number of carboxylic acids is 1. The molecule has 3 atom stereocenters. The predicted octanol–water partition coefficient (Wildman–Crippen LogP) is 0.871. The summed E-state index contributed by atoms with van der Waals surface area (Å²) in [5.41, 5.74) is 5.32. The van der Waals surface area contributed by atoms with Gasteiger partial charge in [0.15, 0.2) is 0 Å². The molecule has 5 nitrogen and oxygen atoms in total. The fourth-order valence-electron chi connectivity index (χ4n) is 2.59. The molecular formula is C13H25NO4. The van der Waals surface area contributed by atoms with Crippen LogP contribution in [0.15, 0.2) is 0 Å². The van der Waals surface area contributed by atoms with Crippen molar-refractivity contribution in [2.75, 3.05) is 0 Å². The molecule has 106 valence electrons. The van der Waals surface area contributed by atoms with Crippen molar-refractivity contribution in [1.29, 1.82) is 0 Å². The Labute approximate surface area is 108 Å². The van der Waals surface area contributed by atoms with Gasteiger partial charge in [-0.1, -0.05) is 32.1 Å². The second-order valence-corrected chi connectivity index (χ2v) is 5.40. The highest BCUT2D eigenvalue weighted by atomic mass is 16.4. The number of hydrogen-bond acceptors (Lipinski definition) is 4. The van der Waals surface area contributed by atoms with Crippen LogP contribution in [0.1, 0.15) is 51.4 Å². The third-order valence-corrected chi connectivity index (χ3v) is 3.85. The first-order valence-electron chi connectivity index (χ1n) is 6.85. The molecule has 1 aliphatic rings. The Morgan fingerprint density at radius 2 is 1.78 bits per heavy atom. The van der Waals surface area contributed by atoms with Gasteiger partial charge in [0.05, 0.1) is 12.2 Å². The van der Waals surface area contributed by atoms with E-state index < -0.39 is 24.2 Å². The van der Waals surface area contributed by atoms with Gasteiger partial charge in [-0.2, -0.15) is 0 Å². The fourth-order valence-corrected chi connectivity index (χ4v) is 2.59. The molecule has 0 spiro atoms. The van der Waals surface area contributed by atoms with Crippen LogP contribution in [0.25, 0.3) is 0 Å². The quantitative estimate of drug-likeness (QED) is 0.543. The topological polar surface area (TPSA) is 104 Å². The summed E-state index contributed by atoms with van der Waals surface area (Å²) in [6.07, 6.45) is 5.65. The summed E-state index contributed by atoms with van der Waals surface area (Å²) >= 11 is 0. The fraction of sp³-hybridized carbons (Fsp3) is 0.923. The number of aliphatic hydroxyl groups is 2. The average Bonchev–Trinajstić information content (AvgIpc) is 2.36. The van der Waals surface area contributed by atoms with E-state index in [1.165, 1.54) is 32.1 Å². The molecule has 0 heterocycles. The summed E-state index contributed by atoms with van der Waals surface area (Å²) in [7, 11) is 0. The summed E-state index contributed by atoms with van der Waals surface area (Å²) in [5.74, 6) is -0.498. The SMILES string of the molecule is N[C@@H](C[C@H](O)C(O)CCC1CCCCC1)C(=O)O. The predicted molar refractivity (Wildman–Crippen MR) is 68.1 cm³/mol. The summed E-state index contributed by atoms with van der Waals surface area (Å²) in [6, 6.07) is -1.11. The molecule has 5 N–H and O–H groups in total. The second kappa shape index (κ2) is 7.71. The van der Waals surface area contributed by atoms with E-state index in [9.17, 15) is 15.0 Å². The molecule has 0 aromatic rings. The molecule has 1 saturated carbocycles. The molecule has 5 heteroatoms. The van der Waals surface area contributed by atoms with Crippen molar-refractivity contribution in [1.82, 2.24) is 0 Å². The van der Waals surface area contributed by atoms with Crippen molar-refractivity contribution >= 4 is 5.97 Å². The van der Waals surface area contributed by atoms with Gasteiger partial charge in [-0.25, -0.2) is 0 Å². The van der Waals surface area contributed by atoms with E-state index in [0.29, 0.717) is 12.3 Å².